The van der Waals surface area contributed by atoms with E-state index in [1.165, 1.54) is 7.11 Å². The highest BCUT2D eigenvalue weighted by molar-refractivity contribution is 5.58. The van der Waals surface area contributed by atoms with E-state index in [0.29, 0.717) is 23.0 Å². The number of allylic oxidation sites excluding steroid dienone is 1. The molecule has 7 nitrogen and oxygen atoms in total. The maximum atomic E-state index is 10.0. The van der Waals surface area contributed by atoms with Crippen molar-refractivity contribution in [2.45, 2.75) is 6.04 Å². The first-order valence-corrected chi connectivity index (χ1v) is 8.93. The lowest BCUT2D eigenvalue weighted by Gasteiger charge is -2.19. The molecule has 0 spiro atoms. The van der Waals surface area contributed by atoms with Crippen LogP contribution in [-0.4, -0.2) is 43.1 Å². The molecule has 2 aromatic carbocycles. The standard InChI is InChI=1S/C22H24N2O5/c1-26-19-8-6-15(11-18(19)25)5-7-17(24-10-9-23-14-24)16-12-20(27-2)22(29-4)21(13-16)28-3/h5-14,17,25H,1-4H3/b7-5+. The van der Waals surface area contributed by atoms with Crippen molar-refractivity contribution in [1.29, 1.82) is 0 Å². The second-order valence-electron chi connectivity index (χ2n) is 6.20. The first-order chi connectivity index (χ1) is 14.1. The molecule has 29 heavy (non-hydrogen) atoms. The van der Waals surface area contributed by atoms with Crippen LogP contribution in [0.25, 0.3) is 6.08 Å². The third kappa shape index (κ3) is 4.29. The molecule has 152 valence electrons. The van der Waals surface area contributed by atoms with Crippen molar-refractivity contribution in [1.82, 2.24) is 9.55 Å². The molecule has 1 N–H and O–H groups in total. The summed E-state index contributed by atoms with van der Waals surface area (Å²) >= 11 is 0. The molecule has 0 aliphatic carbocycles. The fourth-order valence-electron chi connectivity index (χ4n) is 3.10. The first-order valence-electron chi connectivity index (χ1n) is 8.93. The van der Waals surface area contributed by atoms with Crippen molar-refractivity contribution in [3.05, 3.63) is 66.3 Å². The molecule has 3 aromatic rings. The molecule has 1 unspecified atom stereocenters. The van der Waals surface area contributed by atoms with E-state index in [0.717, 1.165) is 11.1 Å². The summed E-state index contributed by atoms with van der Waals surface area (Å²) in [5.41, 5.74) is 1.76. The zero-order valence-electron chi connectivity index (χ0n) is 16.8. The quantitative estimate of drug-likeness (QED) is 0.622. The van der Waals surface area contributed by atoms with Crippen LogP contribution in [0.15, 0.2) is 55.1 Å². The second kappa shape index (κ2) is 9.05. The second-order valence-corrected chi connectivity index (χ2v) is 6.20. The summed E-state index contributed by atoms with van der Waals surface area (Å²) in [6.07, 6.45) is 9.27. The summed E-state index contributed by atoms with van der Waals surface area (Å²) in [4.78, 5) is 4.16. The van der Waals surface area contributed by atoms with Crippen LogP contribution in [0, 0.1) is 0 Å². The molecule has 1 atom stereocenters. The normalized spacial score (nSPS) is 12.0. The highest BCUT2D eigenvalue weighted by Gasteiger charge is 2.18. The lowest BCUT2D eigenvalue weighted by Crippen LogP contribution is -2.07. The zero-order chi connectivity index (χ0) is 20.8. The minimum Gasteiger partial charge on any atom is -0.504 e. The minimum atomic E-state index is -0.185. The molecule has 0 amide bonds. The zero-order valence-corrected chi connectivity index (χ0v) is 16.8. The highest BCUT2D eigenvalue weighted by Crippen LogP contribution is 2.40. The van der Waals surface area contributed by atoms with E-state index < -0.39 is 0 Å². The lowest BCUT2D eigenvalue weighted by molar-refractivity contribution is 0.323. The van der Waals surface area contributed by atoms with E-state index in [4.69, 9.17) is 18.9 Å². The van der Waals surface area contributed by atoms with Crippen molar-refractivity contribution in [3.8, 4) is 28.7 Å². The van der Waals surface area contributed by atoms with Crippen LogP contribution < -0.4 is 18.9 Å². The highest BCUT2D eigenvalue weighted by atomic mass is 16.5. The van der Waals surface area contributed by atoms with Gasteiger partial charge in [-0.3, -0.25) is 0 Å². The molecular weight excluding hydrogens is 372 g/mol. The number of hydrogen-bond donors (Lipinski definition) is 1. The fraction of sp³-hybridized carbons (Fsp3) is 0.227. The molecule has 0 radical (unpaired) electrons. The van der Waals surface area contributed by atoms with E-state index in [-0.39, 0.29) is 11.8 Å². The van der Waals surface area contributed by atoms with E-state index >= 15 is 0 Å². The molecule has 0 fully saturated rings. The number of nitrogens with zero attached hydrogens (tertiary/aromatic N) is 2. The average Bonchev–Trinajstić information content (AvgIpc) is 3.27. The molecule has 0 saturated carbocycles. The maximum Gasteiger partial charge on any atom is 0.203 e. The topological polar surface area (TPSA) is 75.0 Å². The Morgan fingerprint density at radius 1 is 0.931 bits per heavy atom. The fourth-order valence-corrected chi connectivity index (χ4v) is 3.10. The summed E-state index contributed by atoms with van der Waals surface area (Å²) in [6, 6.07) is 8.87. The van der Waals surface area contributed by atoms with Gasteiger partial charge in [-0.2, -0.15) is 0 Å². The molecule has 3 rings (SSSR count). The van der Waals surface area contributed by atoms with Crippen molar-refractivity contribution < 1.29 is 24.1 Å². The van der Waals surface area contributed by atoms with Gasteiger partial charge >= 0.3 is 0 Å². The predicted molar refractivity (Wildman–Crippen MR) is 110 cm³/mol. The number of hydrogen-bond acceptors (Lipinski definition) is 6. The van der Waals surface area contributed by atoms with Gasteiger partial charge < -0.3 is 28.6 Å². The number of phenolic OH excluding ortho intramolecular Hbond substituents is 1. The van der Waals surface area contributed by atoms with Gasteiger partial charge in [0.25, 0.3) is 0 Å². The van der Waals surface area contributed by atoms with Gasteiger partial charge in [0.15, 0.2) is 23.0 Å². The van der Waals surface area contributed by atoms with Gasteiger partial charge in [-0.1, -0.05) is 18.2 Å². The van der Waals surface area contributed by atoms with E-state index in [1.54, 1.807) is 46.0 Å². The number of benzene rings is 2. The van der Waals surface area contributed by atoms with Gasteiger partial charge in [-0.05, 0) is 35.4 Å². The van der Waals surface area contributed by atoms with Crippen molar-refractivity contribution in [2.24, 2.45) is 0 Å². The number of rotatable bonds is 8. The number of phenols is 1. The molecule has 1 aromatic heterocycles. The van der Waals surface area contributed by atoms with Gasteiger partial charge in [0.05, 0.1) is 40.8 Å². The van der Waals surface area contributed by atoms with Gasteiger partial charge in [0, 0.05) is 12.4 Å². The van der Waals surface area contributed by atoms with Gasteiger partial charge in [-0.15, -0.1) is 0 Å². The van der Waals surface area contributed by atoms with Crippen molar-refractivity contribution in [2.75, 3.05) is 28.4 Å². The van der Waals surface area contributed by atoms with Gasteiger partial charge in [-0.25, -0.2) is 4.98 Å². The average molecular weight is 396 g/mol. The smallest absolute Gasteiger partial charge is 0.203 e. The summed E-state index contributed by atoms with van der Waals surface area (Å²) in [7, 11) is 6.26. The SMILES string of the molecule is COc1ccc(/C=C/C(c2cc(OC)c(OC)c(OC)c2)n2ccnc2)cc1O. The van der Waals surface area contributed by atoms with Crippen molar-refractivity contribution >= 4 is 6.08 Å². The first kappa shape index (κ1) is 20.1. The Bertz CT molecular complexity index is 958. The van der Waals surface area contributed by atoms with Crippen molar-refractivity contribution in [3.63, 3.8) is 0 Å². The van der Waals surface area contributed by atoms with Crippen LogP contribution in [0.5, 0.6) is 28.7 Å². The van der Waals surface area contributed by atoms with Crippen LogP contribution in [0.2, 0.25) is 0 Å². The number of imidazole rings is 1. The third-order valence-electron chi connectivity index (χ3n) is 4.55. The molecular formula is C22H24N2O5. The monoisotopic (exact) mass is 396 g/mol. The van der Waals surface area contributed by atoms with Crippen LogP contribution in [0.3, 0.4) is 0 Å². The Labute approximate surface area is 169 Å². The van der Waals surface area contributed by atoms with Crippen LogP contribution in [0.1, 0.15) is 17.2 Å². The van der Waals surface area contributed by atoms with Crippen LogP contribution >= 0.6 is 0 Å². The number of ether oxygens (including phenoxy) is 4. The van der Waals surface area contributed by atoms with Crippen LogP contribution in [-0.2, 0) is 0 Å². The minimum absolute atomic E-state index is 0.0848. The van der Waals surface area contributed by atoms with E-state index in [9.17, 15) is 5.11 Å². The maximum absolute atomic E-state index is 10.0. The van der Waals surface area contributed by atoms with Gasteiger partial charge in [0.1, 0.15) is 0 Å². The summed E-state index contributed by atoms with van der Waals surface area (Å²) in [5, 5.41) is 10.0. The Hall–Kier alpha value is -3.61. The Morgan fingerprint density at radius 3 is 2.14 bits per heavy atom. The molecule has 0 bridgehead atoms. The molecule has 0 saturated heterocycles. The molecule has 7 heteroatoms. The Morgan fingerprint density at radius 2 is 1.62 bits per heavy atom. The predicted octanol–water partition coefficient (Wildman–Crippen LogP) is 3.93. The largest absolute Gasteiger partial charge is 0.504 e. The number of methoxy groups -OCH3 is 4. The molecule has 0 aliphatic rings. The summed E-state index contributed by atoms with van der Waals surface area (Å²) < 4.78 is 23.5. The molecule has 1 heterocycles. The number of aromatic hydroxyl groups is 1. The van der Waals surface area contributed by atoms with Gasteiger partial charge in [0.2, 0.25) is 5.75 Å². The van der Waals surface area contributed by atoms with Crippen LogP contribution in [0.4, 0.5) is 0 Å². The lowest BCUT2D eigenvalue weighted by atomic mass is 10.0. The Kier molecular flexibility index (Phi) is 6.29. The number of aromatic nitrogens is 2. The summed E-state index contributed by atoms with van der Waals surface area (Å²) in [6.45, 7) is 0. The van der Waals surface area contributed by atoms with E-state index in [2.05, 4.69) is 4.98 Å². The molecule has 0 aliphatic heterocycles. The Balaban J connectivity index is 2.04. The summed E-state index contributed by atoms with van der Waals surface area (Å²) in [5.74, 6) is 2.19. The third-order valence-corrected chi connectivity index (χ3v) is 4.55. The van der Waals surface area contributed by atoms with E-state index in [1.807, 2.05) is 41.1 Å².